The van der Waals surface area contributed by atoms with Gasteiger partial charge in [0, 0.05) is 19.6 Å². The molecule has 2 nitrogen and oxygen atoms in total. The van der Waals surface area contributed by atoms with E-state index in [2.05, 4.69) is 10.2 Å². The molecule has 0 aliphatic carbocycles. The van der Waals surface area contributed by atoms with E-state index in [0.29, 0.717) is 16.6 Å². The summed E-state index contributed by atoms with van der Waals surface area (Å²) in [5, 5.41) is 3.97. The van der Waals surface area contributed by atoms with Crippen molar-refractivity contribution in [2.45, 2.75) is 25.8 Å². The fourth-order valence-corrected chi connectivity index (χ4v) is 2.62. The van der Waals surface area contributed by atoms with Gasteiger partial charge in [0.2, 0.25) is 0 Å². The summed E-state index contributed by atoms with van der Waals surface area (Å²) >= 11 is 6.19. The Kier molecular flexibility index (Phi) is 3.89. The van der Waals surface area contributed by atoms with Crippen LogP contribution in [0.5, 0.6) is 0 Å². The summed E-state index contributed by atoms with van der Waals surface area (Å²) in [5.41, 5.74) is 1.37. The number of nitrogens with zero attached hydrogens (tertiary/aromatic N) is 1. The average Bonchev–Trinajstić information content (AvgIpc) is 2.34. The summed E-state index contributed by atoms with van der Waals surface area (Å²) in [6, 6.07) is 3.62. The van der Waals surface area contributed by atoms with Crippen molar-refractivity contribution >= 4 is 17.3 Å². The van der Waals surface area contributed by atoms with E-state index in [1.165, 1.54) is 6.07 Å². The van der Waals surface area contributed by atoms with Crippen LogP contribution in [0.25, 0.3) is 0 Å². The second-order valence-electron chi connectivity index (χ2n) is 4.66. The first-order valence-electron chi connectivity index (χ1n) is 5.99. The number of anilines is 1. The van der Waals surface area contributed by atoms with Gasteiger partial charge in [-0.1, -0.05) is 11.6 Å². The van der Waals surface area contributed by atoms with Gasteiger partial charge in [-0.2, -0.15) is 0 Å². The Bertz CT molecular complexity index is 403. The molecular formula is C13H18ClFN2. The van der Waals surface area contributed by atoms with Crippen molar-refractivity contribution in [1.29, 1.82) is 0 Å². The molecular weight excluding hydrogens is 239 g/mol. The molecule has 1 fully saturated rings. The Hall–Kier alpha value is -0.800. The Morgan fingerprint density at radius 2 is 2.24 bits per heavy atom. The maximum atomic E-state index is 13.6. The summed E-state index contributed by atoms with van der Waals surface area (Å²) < 4.78 is 13.6. The molecule has 1 aromatic rings. The van der Waals surface area contributed by atoms with Crippen LogP contribution in [0.2, 0.25) is 5.02 Å². The fraction of sp³-hybridized carbons (Fsp3) is 0.538. The number of rotatable bonds is 2. The Morgan fingerprint density at radius 1 is 1.47 bits per heavy atom. The fourth-order valence-electron chi connectivity index (χ4n) is 2.27. The third-order valence-electron chi connectivity index (χ3n) is 3.43. The number of hydrogen-bond donors (Lipinski definition) is 1. The Balaban J connectivity index is 2.23. The van der Waals surface area contributed by atoms with Gasteiger partial charge in [0.15, 0.2) is 0 Å². The molecule has 0 spiro atoms. The molecule has 1 saturated heterocycles. The van der Waals surface area contributed by atoms with E-state index in [1.807, 2.05) is 7.05 Å². The molecule has 1 N–H and O–H groups in total. The van der Waals surface area contributed by atoms with Crippen LogP contribution in [-0.4, -0.2) is 26.2 Å². The quantitative estimate of drug-likeness (QED) is 0.875. The van der Waals surface area contributed by atoms with Crippen molar-refractivity contribution in [2.24, 2.45) is 0 Å². The van der Waals surface area contributed by atoms with E-state index in [0.717, 1.165) is 31.6 Å². The molecule has 0 radical (unpaired) electrons. The van der Waals surface area contributed by atoms with Crippen molar-refractivity contribution in [3.8, 4) is 0 Å². The third-order valence-corrected chi connectivity index (χ3v) is 3.73. The normalized spacial score (nSPS) is 20.4. The minimum atomic E-state index is -0.194. The maximum absolute atomic E-state index is 13.6. The predicted octanol–water partition coefficient (Wildman–Crippen LogP) is 2.98. The smallest absolute Gasteiger partial charge is 0.128 e. The van der Waals surface area contributed by atoms with Crippen LogP contribution in [0.15, 0.2) is 12.1 Å². The van der Waals surface area contributed by atoms with Crippen LogP contribution in [0, 0.1) is 12.7 Å². The molecule has 1 atom stereocenters. The second kappa shape index (κ2) is 5.23. The van der Waals surface area contributed by atoms with Crippen LogP contribution in [0.4, 0.5) is 10.1 Å². The highest BCUT2D eigenvalue weighted by molar-refractivity contribution is 6.33. The topological polar surface area (TPSA) is 15.3 Å². The van der Waals surface area contributed by atoms with Gasteiger partial charge < -0.3 is 10.2 Å². The highest BCUT2D eigenvalue weighted by atomic mass is 35.5. The molecule has 0 bridgehead atoms. The third kappa shape index (κ3) is 2.72. The van der Waals surface area contributed by atoms with Crippen molar-refractivity contribution in [3.63, 3.8) is 0 Å². The summed E-state index contributed by atoms with van der Waals surface area (Å²) in [5.74, 6) is -0.194. The molecule has 2 rings (SSSR count). The maximum Gasteiger partial charge on any atom is 0.128 e. The number of hydrogen-bond acceptors (Lipinski definition) is 2. The van der Waals surface area contributed by atoms with Crippen molar-refractivity contribution in [1.82, 2.24) is 5.32 Å². The first-order chi connectivity index (χ1) is 8.09. The molecule has 1 aromatic carbocycles. The van der Waals surface area contributed by atoms with Gasteiger partial charge in [-0.05, 0) is 44.0 Å². The molecule has 0 aromatic heterocycles. The van der Waals surface area contributed by atoms with Crippen molar-refractivity contribution in [2.75, 3.05) is 25.0 Å². The lowest BCUT2D eigenvalue weighted by Gasteiger charge is -2.34. The predicted molar refractivity (Wildman–Crippen MR) is 70.4 cm³/mol. The van der Waals surface area contributed by atoms with Crippen LogP contribution in [0.3, 0.4) is 0 Å². The van der Waals surface area contributed by atoms with Crippen molar-refractivity contribution < 1.29 is 4.39 Å². The zero-order chi connectivity index (χ0) is 12.4. The molecule has 0 amide bonds. The van der Waals surface area contributed by atoms with Gasteiger partial charge in [-0.15, -0.1) is 0 Å². The van der Waals surface area contributed by atoms with Gasteiger partial charge >= 0.3 is 0 Å². The highest BCUT2D eigenvalue weighted by Crippen LogP contribution is 2.30. The van der Waals surface area contributed by atoms with E-state index in [-0.39, 0.29) is 5.82 Å². The van der Waals surface area contributed by atoms with Gasteiger partial charge in [0.25, 0.3) is 0 Å². The Labute approximate surface area is 107 Å². The monoisotopic (exact) mass is 256 g/mol. The van der Waals surface area contributed by atoms with E-state index < -0.39 is 0 Å². The molecule has 1 unspecified atom stereocenters. The average molecular weight is 257 g/mol. The first kappa shape index (κ1) is 12.7. The number of piperidine rings is 1. The van der Waals surface area contributed by atoms with E-state index in [1.54, 1.807) is 13.0 Å². The first-order valence-corrected chi connectivity index (χ1v) is 6.36. The summed E-state index contributed by atoms with van der Waals surface area (Å²) in [7, 11) is 1.98. The zero-order valence-corrected chi connectivity index (χ0v) is 11.0. The summed E-state index contributed by atoms with van der Waals surface area (Å²) in [4.78, 5) is 2.08. The largest absolute Gasteiger partial charge is 0.369 e. The molecule has 94 valence electrons. The summed E-state index contributed by atoms with van der Waals surface area (Å²) in [6.45, 7) is 3.73. The SMILES string of the molecule is Cc1cc(Cl)c(N(C)C2CCCNC2)cc1F. The minimum Gasteiger partial charge on any atom is -0.369 e. The van der Waals surface area contributed by atoms with E-state index in [9.17, 15) is 4.39 Å². The van der Waals surface area contributed by atoms with Crippen molar-refractivity contribution in [3.05, 3.63) is 28.5 Å². The number of halogens is 2. The van der Waals surface area contributed by atoms with Crippen LogP contribution in [0.1, 0.15) is 18.4 Å². The number of nitrogens with one attached hydrogen (secondary N) is 1. The van der Waals surface area contributed by atoms with Gasteiger partial charge in [-0.25, -0.2) is 4.39 Å². The molecule has 1 heterocycles. The van der Waals surface area contributed by atoms with Gasteiger partial charge in [-0.3, -0.25) is 0 Å². The Morgan fingerprint density at radius 3 is 2.88 bits per heavy atom. The minimum absolute atomic E-state index is 0.194. The molecule has 4 heteroatoms. The van der Waals surface area contributed by atoms with E-state index >= 15 is 0 Å². The van der Waals surface area contributed by atoms with Crippen LogP contribution < -0.4 is 10.2 Å². The van der Waals surface area contributed by atoms with Crippen LogP contribution >= 0.6 is 11.6 Å². The van der Waals surface area contributed by atoms with Crippen LogP contribution in [-0.2, 0) is 0 Å². The number of likely N-dealkylation sites (N-methyl/N-ethyl adjacent to an activating group) is 1. The molecule has 0 saturated carbocycles. The molecule has 17 heavy (non-hydrogen) atoms. The second-order valence-corrected chi connectivity index (χ2v) is 5.07. The molecule has 1 aliphatic rings. The molecule has 1 aliphatic heterocycles. The lowest BCUT2D eigenvalue weighted by Crippen LogP contribution is -2.44. The van der Waals surface area contributed by atoms with E-state index in [4.69, 9.17) is 11.6 Å². The lowest BCUT2D eigenvalue weighted by molar-refractivity contribution is 0.444. The number of benzene rings is 1. The van der Waals surface area contributed by atoms with Gasteiger partial charge in [0.05, 0.1) is 10.7 Å². The lowest BCUT2D eigenvalue weighted by atomic mass is 10.1. The highest BCUT2D eigenvalue weighted by Gasteiger charge is 2.20. The van der Waals surface area contributed by atoms with Gasteiger partial charge in [0.1, 0.15) is 5.82 Å². The standard InChI is InChI=1S/C13H18ClFN2/c1-9-6-11(14)13(7-12(9)15)17(2)10-4-3-5-16-8-10/h6-7,10,16H,3-5,8H2,1-2H3. The summed E-state index contributed by atoms with van der Waals surface area (Å²) in [6.07, 6.45) is 2.27. The number of aryl methyl sites for hydroxylation is 1. The zero-order valence-electron chi connectivity index (χ0n) is 10.3.